The van der Waals surface area contributed by atoms with Gasteiger partial charge in [-0.05, 0) is 55.8 Å². The molecule has 2 heterocycles. The number of carbonyl (C=O) groups excluding carboxylic acids is 1. The van der Waals surface area contributed by atoms with Crippen LogP contribution >= 0.6 is 34.5 Å². The molecule has 0 aliphatic carbocycles. The number of nitrogens with zero attached hydrogens (tertiary/aromatic N) is 2. The Kier molecular flexibility index (Phi) is 9.25. The molecule has 43 heavy (non-hydrogen) atoms. The number of thiazole rings is 1. The molecule has 1 atom stereocenters. The van der Waals surface area contributed by atoms with Crippen molar-refractivity contribution < 1.29 is 23.7 Å². The van der Waals surface area contributed by atoms with Crippen LogP contribution in [-0.4, -0.2) is 31.4 Å². The normalized spacial score (nSPS) is 14.7. The Morgan fingerprint density at radius 1 is 1.02 bits per heavy atom. The minimum Gasteiger partial charge on any atom is -0.496 e. The largest absolute Gasteiger partial charge is 0.496 e. The van der Waals surface area contributed by atoms with Gasteiger partial charge in [0.05, 0.1) is 42.7 Å². The maximum absolute atomic E-state index is 14.0. The van der Waals surface area contributed by atoms with E-state index >= 15 is 0 Å². The van der Waals surface area contributed by atoms with E-state index in [0.717, 1.165) is 11.1 Å². The standard InChI is InChI=1S/C32H28Cl2N2O6S/c1-5-41-31(38)28-18(2)35-32-36(30(37)27(43-32)15-19-8-6-7-9-24(19)39-3)29(28)20-11-13-25(26(14-20)40-4)42-17-21-10-12-22(33)16-23(21)34/h6-16,29H,5,17H2,1-4H3/b27-15-/t29-/m1/s1. The number of fused-ring (bicyclic) bond motifs is 1. The highest BCUT2D eigenvalue weighted by molar-refractivity contribution is 7.07. The van der Waals surface area contributed by atoms with Crippen molar-refractivity contribution in [2.24, 2.45) is 4.99 Å². The predicted octanol–water partition coefficient (Wildman–Crippen LogP) is 5.70. The molecule has 0 radical (unpaired) electrons. The fourth-order valence-corrected chi connectivity index (χ4v) is 6.30. The summed E-state index contributed by atoms with van der Waals surface area (Å²) in [7, 11) is 3.10. The third-order valence-corrected chi connectivity index (χ3v) is 8.41. The minimum atomic E-state index is -0.816. The molecule has 5 rings (SSSR count). The van der Waals surface area contributed by atoms with Gasteiger partial charge < -0.3 is 18.9 Å². The molecule has 8 nitrogen and oxygen atoms in total. The number of esters is 1. The lowest BCUT2D eigenvalue weighted by Gasteiger charge is -2.25. The van der Waals surface area contributed by atoms with E-state index in [1.54, 1.807) is 63.4 Å². The lowest BCUT2D eigenvalue weighted by Crippen LogP contribution is -2.40. The van der Waals surface area contributed by atoms with Gasteiger partial charge in [-0.25, -0.2) is 9.79 Å². The third-order valence-electron chi connectivity index (χ3n) is 6.84. The molecule has 0 N–H and O–H groups in total. The van der Waals surface area contributed by atoms with Crippen LogP contribution in [0, 0.1) is 0 Å². The number of hydrogen-bond acceptors (Lipinski definition) is 8. The molecular weight excluding hydrogens is 611 g/mol. The summed E-state index contributed by atoms with van der Waals surface area (Å²) in [5, 5.41) is 1.01. The molecule has 1 aromatic heterocycles. The monoisotopic (exact) mass is 638 g/mol. The number of methoxy groups -OCH3 is 2. The van der Waals surface area contributed by atoms with Crippen molar-refractivity contribution in [1.29, 1.82) is 0 Å². The number of aromatic nitrogens is 1. The van der Waals surface area contributed by atoms with E-state index in [-0.39, 0.29) is 24.3 Å². The number of para-hydroxylation sites is 1. The van der Waals surface area contributed by atoms with Gasteiger partial charge in [0.1, 0.15) is 12.4 Å². The summed E-state index contributed by atoms with van der Waals surface area (Å²) < 4.78 is 24.6. The van der Waals surface area contributed by atoms with Gasteiger partial charge in [-0.2, -0.15) is 0 Å². The zero-order valence-electron chi connectivity index (χ0n) is 23.9. The average molecular weight is 640 g/mol. The van der Waals surface area contributed by atoms with E-state index in [2.05, 4.69) is 4.99 Å². The number of benzene rings is 3. The zero-order chi connectivity index (χ0) is 30.7. The number of rotatable bonds is 9. The Morgan fingerprint density at radius 2 is 1.79 bits per heavy atom. The Labute approximate surface area is 262 Å². The van der Waals surface area contributed by atoms with Crippen molar-refractivity contribution in [2.75, 3.05) is 20.8 Å². The first-order valence-electron chi connectivity index (χ1n) is 13.3. The topological polar surface area (TPSA) is 88.4 Å². The van der Waals surface area contributed by atoms with Crippen molar-refractivity contribution in [3.8, 4) is 17.2 Å². The first-order chi connectivity index (χ1) is 20.7. The van der Waals surface area contributed by atoms with Crippen LogP contribution in [0.2, 0.25) is 10.0 Å². The van der Waals surface area contributed by atoms with Gasteiger partial charge in [0, 0.05) is 21.2 Å². The Morgan fingerprint density at radius 3 is 2.51 bits per heavy atom. The quantitative estimate of drug-likeness (QED) is 0.219. The Balaban J connectivity index is 1.61. The van der Waals surface area contributed by atoms with E-state index in [9.17, 15) is 9.59 Å². The van der Waals surface area contributed by atoms with E-state index in [0.29, 0.717) is 47.9 Å². The first-order valence-corrected chi connectivity index (χ1v) is 14.9. The predicted molar refractivity (Wildman–Crippen MR) is 167 cm³/mol. The molecular formula is C32H28Cl2N2O6S. The molecule has 0 fully saturated rings. The summed E-state index contributed by atoms with van der Waals surface area (Å²) in [5.41, 5.74) is 2.55. The lowest BCUT2D eigenvalue weighted by atomic mass is 9.95. The highest BCUT2D eigenvalue weighted by atomic mass is 35.5. The van der Waals surface area contributed by atoms with Crippen LogP contribution in [0.15, 0.2) is 81.7 Å². The number of ether oxygens (including phenoxy) is 4. The van der Waals surface area contributed by atoms with Gasteiger partial charge >= 0.3 is 5.97 Å². The second-order valence-electron chi connectivity index (χ2n) is 9.48. The Bertz CT molecular complexity index is 1910. The van der Waals surface area contributed by atoms with Gasteiger partial charge in [-0.1, -0.05) is 64.9 Å². The summed E-state index contributed by atoms with van der Waals surface area (Å²) in [6, 6.07) is 17.1. The van der Waals surface area contributed by atoms with E-state index in [1.807, 2.05) is 24.3 Å². The molecule has 222 valence electrons. The van der Waals surface area contributed by atoms with E-state index < -0.39 is 12.0 Å². The lowest BCUT2D eigenvalue weighted by molar-refractivity contribution is -0.139. The van der Waals surface area contributed by atoms with Gasteiger partial charge in [0.2, 0.25) is 0 Å². The third kappa shape index (κ3) is 6.20. The highest BCUT2D eigenvalue weighted by Gasteiger charge is 2.34. The number of allylic oxidation sites excluding steroid dienone is 1. The Hall–Kier alpha value is -4.05. The minimum absolute atomic E-state index is 0.171. The molecule has 0 saturated carbocycles. The molecule has 1 aliphatic rings. The fourth-order valence-electron chi connectivity index (χ4n) is 4.80. The van der Waals surface area contributed by atoms with E-state index in [1.165, 1.54) is 23.0 Å². The molecule has 0 amide bonds. The van der Waals surface area contributed by atoms with Crippen LogP contribution < -0.4 is 29.1 Å². The van der Waals surface area contributed by atoms with Crippen molar-refractivity contribution >= 4 is 46.6 Å². The summed E-state index contributed by atoms with van der Waals surface area (Å²) >= 11 is 13.6. The summed E-state index contributed by atoms with van der Waals surface area (Å²) in [4.78, 5) is 32.3. The molecule has 0 spiro atoms. The van der Waals surface area contributed by atoms with Crippen LogP contribution in [0.25, 0.3) is 6.08 Å². The highest BCUT2D eigenvalue weighted by Crippen LogP contribution is 2.37. The number of carbonyl (C=O) groups is 1. The van der Waals surface area contributed by atoms with E-state index in [4.69, 9.17) is 42.1 Å². The number of hydrogen-bond donors (Lipinski definition) is 0. The maximum Gasteiger partial charge on any atom is 0.338 e. The van der Waals surface area contributed by atoms with Crippen LogP contribution in [0.4, 0.5) is 0 Å². The maximum atomic E-state index is 14.0. The summed E-state index contributed by atoms with van der Waals surface area (Å²) in [5.74, 6) is 0.953. The van der Waals surface area contributed by atoms with Crippen LogP contribution in [0.5, 0.6) is 17.2 Å². The summed E-state index contributed by atoms with van der Waals surface area (Å²) in [6.45, 7) is 3.82. The van der Waals surface area contributed by atoms with Crippen molar-refractivity contribution in [2.45, 2.75) is 26.5 Å². The molecule has 1 aliphatic heterocycles. The molecule has 0 unspecified atom stereocenters. The first kappa shape index (κ1) is 30.4. The molecule has 0 saturated heterocycles. The van der Waals surface area contributed by atoms with Crippen LogP contribution in [0.3, 0.4) is 0 Å². The smallest absolute Gasteiger partial charge is 0.338 e. The molecule has 4 aromatic rings. The van der Waals surface area contributed by atoms with Gasteiger partial charge in [-0.3, -0.25) is 9.36 Å². The van der Waals surface area contributed by atoms with Crippen molar-refractivity contribution in [1.82, 2.24) is 4.57 Å². The van der Waals surface area contributed by atoms with Crippen molar-refractivity contribution in [3.63, 3.8) is 0 Å². The molecule has 0 bridgehead atoms. The average Bonchev–Trinajstić information content (AvgIpc) is 3.30. The second kappa shape index (κ2) is 13.1. The molecule has 3 aromatic carbocycles. The molecule has 11 heteroatoms. The summed E-state index contributed by atoms with van der Waals surface area (Å²) in [6.07, 6.45) is 1.77. The van der Waals surface area contributed by atoms with Crippen LogP contribution in [0.1, 0.15) is 36.6 Å². The van der Waals surface area contributed by atoms with Gasteiger partial charge in [0.15, 0.2) is 16.3 Å². The van der Waals surface area contributed by atoms with Gasteiger partial charge in [-0.15, -0.1) is 0 Å². The SMILES string of the molecule is CCOC(=O)C1=C(C)N=c2s/c(=C\c3ccccc3OC)c(=O)n2[C@@H]1c1ccc(OCc2ccc(Cl)cc2Cl)c(OC)c1. The number of halogens is 2. The van der Waals surface area contributed by atoms with Crippen LogP contribution in [-0.2, 0) is 16.1 Å². The van der Waals surface area contributed by atoms with Crippen molar-refractivity contribution in [3.05, 3.63) is 118 Å². The second-order valence-corrected chi connectivity index (χ2v) is 11.3. The van der Waals surface area contributed by atoms with Gasteiger partial charge in [0.25, 0.3) is 5.56 Å². The zero-order valence-corrected chi connectivity index (χ0v) is 26.2. The fraction of sp³-hybridized carbons (Fsp3) is 0.219.